The zero-order valence-electron chi connectivity index (χ0n) is 9.96. The number of aromatic nitrogens is 3. The van der Waals surface area contributed by atoms with Crippen molar-refractivity contribution in [1.29, 1.82) is 0 Å². The van der Waals surface area contributed by atoms with Crippen LogP contribution in [-0.4, -0.2) is 21.1 Å². The fraction of sp³-hybridized carbons (Fsp3) is 0.364. The average molecular weight is 286 g/mol. The monoisotopic (exact) mass is 285 g/mol. The first-order chi connectivity index (χ1) is 8.63. The van der Waals surface area contributed by atoms with Crippen LogP contribution in [-0.2, 0) is 5.75 Å². The molecule has 0 aromatic carbocycles. The van der Waals surface area contributed by atoms with Gasteiger partial charge in [0.05, 0.1) is 18.1 Å². The van der Waals surface area contributed by atoms with Gasteiger partial charge in [0.15, 0.2) is 5.16 Å². The van der Waals surface area contributed by atoms with Gasteiger partial charge in [-0.1, -0.05) is 11.8 Å². The Morgan fingerprint density at radius 3 is 2.89 bits per heavy atom. The van der Waals surface area contributed by atoms with Crippen LogP contribution in [0.5, 0.6) is 6.01 Å². The standard InChI is InChI=1S/C11H12ClN3O2S/c1-7(2)17-10-13-9(12)14-11(15-10)18-6-8-4-3-5-16-8/h3-5,7H,6H2,1-2H3. The molecule has 2 heterocycles. The second-order valence-electron chi connectivity index (χ2n) is 3.70. The Labute approximate surface area is 114 Å². The topological polar surface area (TPSA) is 61.0 Å². The Kier molecular flexibility index (Phi) is 4.43. The summed E-state index contributed by atoms with van der Waals surface area (Å²) in [5.74, 6) is 1.48. The fourth-order valence-electron chi connectivity index (χ4n) is 1.17. The lowest BCUT2D eigenvalue weighted by molar-refractivity contribution is 0.219. The summed E-state index contributed by atoms with van der Waals surface area (Å²) in [5, 5.41) is 0.643. The number of ether oxygens (including phenoxy) is 1. The van der Waals surface area contributed by atoms with Gasteiger partial charge in [0.25, 0.3) is 0 Å². The van der Waals surface area contributed by atoms with Crippen molar-refractivity contribution in [3.63, 3.8) is 0 Å². The number of thioether (sulfide) groups is 1. The van der Waals surface area contributed by atoms with E-state index >= 15 is 0 Å². The first-order valence-electron chi connectivity index (χ1n) is 5.37. The van der Waals surface area contributed by atoms with Gasteiger partial charge in [-0.05, 0) is 37.6 Å². The molecule has 0 aliphatic heterocycles. The predicted octanol–water partition coefficient (Wildman–Crippen LogP) is 3.20. The van der Waals surface area contributed by atoms with Crippen LogP contribution in [0.15, 0.2) is 28.0 Å². The Balaban J connectivity index is 2.05. The molecule has 0 unspecified atom stereocenters. The molecule has 7 heteroatoms. The fourth-order valence-corrected chi connectivity index (χ4v) is 2.10. The lowest BCUT2D eigenvalue weighted by Gasteiger charge is -2.08. The van der Waals surface area contributed by atoms with Gasteiger partial charge in [0.2, 0.25) is 5.28 Å². The maximum Gasteiger partial charge on any atom is 0.321 e. The molecule has 0 aliphatic carbocycles. The van der Waals surface area contributed by atoms with E-state index in [1.807, 2.05) is 26.0 Å². The minimum Gasteiger partial charge on any atom is -0.468 e. The minimum absolute atomic E-state index is 0.00797. The van der Waals surface area contributed by atoms with Gasteiger partial charge in [0.1, 0.15) is 5.76 Å². The molecule has 2 aromatic heterocycles. The summed E-state index contributed by atoms with van der Waals surface area (Å²) in [7, 11) is 0. The van der Waals surface area contributed by atoms with Crippen LogP contribution in [0.1, 0.15) is 19.6 Å². The smallest absolute Gasteiger partial charge is 0.321 e. The molecule has 0 saturated carbocycles. The maximum absolute atomic E-state index is 5.82. The van der Waals surface area contributed by atoms with E-state index in [1.54, 1.807) is 6.26 Å². The van der Waals surface area contributed by atoms with E-state index < -0.39 is 0 Å². The van der Waals surface area contributed by atoms with Crippen LogP contribution in [0, 0.1) is 0 Å². The van der Waals surface area contributed by atoms with Crippen molar-refractivity contribution in [1.82, 2.24) is 15.0 Å². The maximum atomic E-state index is 5.82. The lowest BCUT2D eigenvalue weighted by Crippen LogP contribution is -2.09. The van der Waals surface area contributed by atoms with Crippen LogP contribution in [0.25, 0.3) is 0 Å². The van der Waals surface area contributed by atoms with Gasteiger partial charge in [-0.25, -0.2) is 0 Å². The van der Waals surface area contributed by atoms with E-state index in [0.717, 1.165) is 5.76 Å². The molecule has 0 amide bonds. The van der Waals surface area contributed by atoms with Crippen molar-refractivity contribution in [2.24, 2.45) is 0 Å². The van der Waals surface area contributed by atoms with Crippen molar-refractivity contribution >= 4 is 23.4 Å². The normalized spacial score (nSPS) is 10.9. The molecule has 0 radical (unpaired) electrons. The van der Waals surface area contributed by atoms with Gasteiger partial charge in [-0.15, -0.1) is 0 Å². The van der Waals surface area contributed by atoms with E-state index in [2.05, 4.69) is 15.0 Å². The van der Waals surface area contributed by atoms with Gasteiger partial charge in [0, 0.05) is 0 Å². The van der Waals surface area contributed by atoms with Gasteiger partial charge in [-0.3, -0.25) is 0 Å². The second-order valence-corrected chi connectivity index (χ2v) is 4.98. The largest absolute Gasteiger partial charge is 0.468 e. The van der Waals surface area contributed by atoms with Crippen molar-refractivity contribution in [3.05, 3.63) is 29.4 Å². The third-order valence-electron chi connectivity index (χ3n) is 1.83. The molecular formula is C11H12ClN3O2S. The zero-order valence-corrected chi connectivity index (χ0v) is 11.5. The summed E-state index contributed by atoms with van der Waals surface area (Å²) < 4.78 is 10.6. The summed E-state index contributed by atoms with van der Waals surface area (Å²) in [4.78, 5) is 12.1. The zero-order chi connectivity index (χ0) is 13.0. The van der Waals surface area contributed by atoms with Gasteiger partial charge in [-0.2, -0.15) is 15.0 Å². The Morgan fingerprint density at radius 2 is 2.22 bits per heavy atom. The van der Waals surface area contributed by atoms with Crippen molar-refractivity contribution in [2.75, 3.05) is 0 Å². The average Bonchev–Trinajstić information content (AvgIpc) is 2.77. The third kappa shape index (κ3) is 3.89. The predicted molar refractivity (Wildman–Crippen MR) is 68.9 cm³/mol. The number of nitrogens with zero attached hydrogens (tertiary/aromatic N) is 3. The van der Waals surface area contributed by atoms with E-state index in [4.69, 9.17) is 20.8 Å². The summed E-state index contributed by atoms with van der Waals surface area (Å²) in [6.07, 6.45) is 1.62. The van der Waals surface area contributed by atoms with Crippen LogP contribution < -0.4 is 4.74 Å². The van der Waals surface area contributed by atoms with Crippen molar-refractivity contribution < 1.29 is 9.15 Å². The van der Waals surface area contributed by atoms with E-state index in [1.165, 1.54) is 11.8 Å². The number of hydrogen-bond acceptors (Lipinski definition) is 6. The molecule has 0 atom stereocenters. The molecular weight excluding hydrogens is 274 g/mol. The molecule has 96 valence electrons. The van der Waals surface area contributed by atoms with Crippen LogP contribution in [0.4, 0.5) is 0 Å². The molecule has 18 heavy (non-hydrogen) atoms. The number of hydrogen-bond donors (Lipinski definition) is 0. The SMILES string of the molecule is CC(C)Oc1nc(Cl)nc(SCc2ccco2)n1. The number of rotatable bonds is 5. The van der Waals surface area contributed by atoms with Gasteiger partial charge >= 0.3 is 6.01 Å². The van der Waals surface area contributed by atoms with Crippen LogP contribution in [0.3, 0.4) is 0 Å². The van der Waals surface area contributed by atoms with Crippen molar-refractivity contribution in [3.8, 4) is 6.01 Å². The molecule has 0 bridgehead atoms. The van der Waals surface area contributed by atoms with Crippen LogP contribution in [0.2, 0.25) is 5.28 Å². The lowest BCUT2D eigenvalue weighted by atomic mass is 10.5. The van der Waals surface area contributed by atoms with E-state index in [0.29, 0.717) is 10.9 Å². The molecule has 2 aromatic rings. The molecule has 0 aliphatic rings. The Morgan fingerprint density at radius 1 is 1.39 bits per heavy atom. The third-order valence-corrected chi connectivity index (χ3v) is 2.87. The molecule has 5 nitrogen and oxygen atoms in total. The molecule has 0 saturated heterocycles. The van der Waals surface area contributed by atoms with Crippen molar-refractivity contribution in [2.45, 2.75) is 30.9 Å². The van der Waals surface area contributed by atoms with E-state index in [9.17, 15) is 0 Å². The number of halogens is 1. The van der Waals surface area contributed by atoms with E-state index in [-0.39, 0.29) is 17.4 Å². The summed E-state index contributed by atoms with van der Waals surface area (Å²) in [6.45, 7) is 3.79. The highest BCUT2D eigenvalue weighted by atomic mass is 35.5. The van der Waals surface area contributed by atoms with Gasteiger partial charge < -0.3 is 9.15 Å². The second kappa shape index (κ2) is 6.06. The highest BCUT2D eigenvalue weighted by Gasteiger charge is 2.09. The first-order valence-corrected chi connectivity index (χ1v) is 6.73. The molecule has 0 spiro atoms. The molecule has 0 N–H and O–H groups in total. The molecule has 0 fully saturated rings. The Bertz CT molecular complexity index is 505. The Hall–Kier alpha value is -1.27. The highest BCUT2D eigenvalue weighted by Crippen LogP contribution is 2.22. The highest BCUT2D eigenvalue weighted by molar-refractivity contribution is 7.98. The molecule has 2 rings (SSSR count). The first kappa shape index (κ1) is 13.2. The quantitative estimate of drug-likeness (QED) is 0.786. The van der Waals surface area contributed by atoms with Crippen LogP contribution >= 0.6 is 23.4 Å². The minimum atomic E-state index is -0.00797. The summed E-state index contributed by atoms with van der Waals surface area (Å²) >= 11 is 7.23. The summed E-state index contributed by atoms with van der Waals surface area (Å²) in [5.41, 5.74) is 0. The summed E-state index contributed by atoms with van der Waals surface area (Å²) in [6, 6.07) is 3.97. The number of furan rings is 1.